The Morgan fingerprint density at radius 1 is 1.35 bits per heavy atom. The van der Waals surface area contributed by atoms with Crippen molar-refractivity contribution in [3.63, 3.8) is 0 Å². The predicted molar refractivity (Wildman–Crippen MR) is 76.5 cm³/mol. The number of rotatable bonds is 3. The van der Waals surface area contributed by atoms with Gasteiger partial charge in [-0.2, -0.15) is 0 Å². The van der Waals surface area contributed by atoms with Gasteiger partial charge in [-0.05, 0) is 38.0 Å². The van der Waals surface area contributed by atoms with Gasteiger partial charge in [-0.1, -0.05) is 19.8 Å². The van der Waals surface area contributed by atoms with Crippen LogP contribution in [-0.2, 0) is 4.79 Å². The van der Waals surface area contributed by atoms with Gasteiger partial charge < -0.3 is 15.3 Å². The first kappa shape index (κ1) is 15.1. The molecule has 0 aromatic heterocycles. The smallest absolute Gasteiger partial charge is 0.317 e. The van der Waals surface area contributed by atoms with E-state index in [4.69, 9.17) is 5.11 Å². The Hall–Kier alpha value is -1.26. The maximum absolute atomic E-state index is 12.3. The predicted octanol–water partition coefficient (Wildman–Crippen LogP) is 2.46. The number of nitrogens with zero attached hydrogens (tertiary/aromatic N) is 1. The molecule has 2 N–H and O–H groups in total. The highest BCUT2D eigenvalue weighted by Gasteiger charge is 2.34. The van der Waals surface area contributed by atoms with Gasteiger partial charge in [-0.3, -0.25) is 4.79 Å². The summed E-state index contributed by atoms with van der Waals surface area (Å²) in [7, 11) is 0. The van der Waals surface area contributed by atoms with E-state index in [1.54, 1.807) is 4.90 Å². The molecule has 2 amide bonds. The number of carbonyl (C=O) groups excluding carboxylic acids is 1. The lowest BCUT2D eigenvalue weighted by molar-refractivity contribution is -0.143. The quantitative estimate of drug-likeness (QED) is 0.835. The largest absolute Gasteiger partial charge is 0.481 e. The average Bonchev–Trinajstić information content (AvgIpc) is 2.83. The number of piperidine rings is 1. The van der Waals surface area contributed by atoms with E-state index in [0.29, 0.717) is 19.4 Å². The first-order valence-corrected chi connectivity index (χ1v) is 7.68. The highest BCUT2D eigenvalue weighted by molar-refractivity contribution is 5.75. The molecule has 0 aromatic carbocycles. The molecule has 1 aliphatic carbocycles. The highest BCUT2D eigenvalue weighted by Crippen LogP contribution is 2.36. The Bertz CT molecular complexity index is 377. The Labute approximate surface area is 120 Å². The van der Waals surface area contributed by atoms with Crippen LogP contribution in [0.15, 0.2) is 0 Å². The number of likely N-dealkylation sites (tertiary alicyclic amines) is 1. The number of carboxylic acids is 1. The first-order chi connectivity index (χ1) is 9.41. The number of nitrogens with one attached hydrogen (secondary N) is 1. The van der Waals surface area contributed by atoms with Crippen LogP contribution in [0, 0.1) is 11.3 Å². The van der Waals surface area contributed by atoms with E-state index >= 15 is 0 Å². The lowest BCUT2D eigenvalue weighted by atomic mass is 9.89. The average molecular weight is 282 g/mol. The molecule has 5 heteroatoms. The SMILES string of the molecule is CC1CC(C(=O)O)CCN1C(=O)NCC1(C)CCCC1. The van der Waals surface area contributed by atoms with Crippen molar-refractivity contribution in [2.75, 3.05) is 13.1 Å². The number of aliphatic carboxylic acids is 1. The molecule has 20 heavy (non-hydrogen) atoms. The molecule has 0 spiro atoms. The van der Waals surface area contributed by atoms with Gasteiger partial charge in [-0.15, -0.1) is 0 Å². The van der Waals surface area contributed by atoms with Crippen LogP contribution in [0.1, 0.15) is 52.4 Å². The Kier molecular flexibility index (Phi) is 4.55. The molecular formula is C15H26N2O3. The number of hydrogen-bond acceptors (Lipinski definition) is 2. The molecule has 5 nitrogen and oxygen atoms in total. The van der Waals surface area contributed by atoms with E-state index in [1.165, 1.54) is 25.7 Å². The van der Waals surface area contributed by atoms with Gasteiger partial charge in [0.05, 0.1) is 5.92 Å². The fourth-order valence-corrected chi connectivity index (χ4v) is 3.49. The van der Waals surface area contributed by atoms with Crippen molar-refractivity contribution in [2.24, 2.45) is 11.3 Å². The summed E-state index contributed by atoms with van der Waals surface area (Å²) in [5.41, 5.74) is 0.248. The van der Waals surface area contributed by atoms with E-state index in [1.807, 2.05) is 6.92 Å². The Morgan fingerprint density at radius 2 is 2.00 bits per heavy atom. The molecular weight excluding hydrogens is 256 g/mol. The van der Waals surface area contributed by atoms with E-state index < -0.39 is 5.97 Å². The van der Waals surface area contributed by atoms with Crippen LogP contribution >= 0.6 is 0 Å². The van der Waals surface area contributed by atoms with Crippen molar-refractivity contribution >= 4 is 12.0 Å². The fraction of sp³-hybridized carbons (Fsp3) is 0.867. The minimum absolute atomic E-state index is 0.00114. The standard InChI is InChI=1S/C15H26N2O3/c1-11-9-12(13(18)19)5-8-17(11)14(20)16-10-15(2)6-3-4-7-15/h11-12H,3-10H2,1-2H3,(H,16,20)(H,18,19). The normalized spacial score (nSPS) is 29.2. The topological polar surface area (TPSA) is 69.6 Å². The number of urea groups is 1. The maximum Gasteiger partial charge on any atom is 0.317 e. The molecule has 2 unspecified atom stereocenters. The summed E-state index contributed by atoms with van der Waals surface area (Å²) in [6.07, 6.45) is 6.00. The lowest BCUT2D eigenvalue weighted by Crippen LogP contribution is -2.51. The van der Waals surface area contributed by atoms with E-state index in [0.717, 1.165) is 6.54 Å². The Balaban J connectivity index is 1.82. The molecule has 114 valence electrons. The molecule has 0 aromatic rings. The summed E-state index contributed by atoms with van der Waals surface area (Å²) in [6, 6.07) is -0.0318. The summed E-state index contributed by atoms with van der Waals surface area (Å²) in [5, 5.41) is 12.1. The second-order valence-electron chi connectivity index (χ2n) is 6.78. The van der Waals surface area contributed by atoms with E-state index in [9.17, 15) is 9.59 Å². The first-order valence-electron chi connectivity index (χ1n) is 7.68. The van der Waals surface area contributed by atoms with Crippen LogP contribution < -0.4 is 5.32 Å². The van der Waals surface area contributed by atoms with Crippen molar-refractivity contribution in [1.29, 1.82) is 0 Å². The molecule has 1 aliphatic heterocycles. The van der Waals surface area contributed by atoms with Crippen LogP contribution in [0.2, 0.25) is 0 Å². The monoisotopic (exact) mass is 282 g/mol. The zero-order chi connectivity index (χ0) is 14.8. The molecule has 0 radical (unpaired) electrons. The zero-order valence-electron chi connectivity index (χ0n) is 12.5. The van der Waals surface area contributed by atoms with Crippen molar-refractivity contribution in [2.45, 2.75) is 58.4 Å². The molecule has 2 fully saturated rings. The fourth-order valence-electron chi connectivity index (χ4n) is 3.49. The third kappa shape index (κ3) is 3.44. The molecule has 0 bridgehead atoms. The maximum atomic E-state index is 12.3. The summed E-state index contributed by atoms with van der Waals surface area (Å²) in [4.78, 5) is 25.0. The molecule has 2 aliphatic rings. The van der Waals surface area contributed by atoms with Crippen molar-refractivity contribution in [3.05, 3.63) is 0 Å². The molecule has 1 saturated heterocycles. The van der Waals surface area contributed by atoms with Crippen LogP contribution in [0.4, 0.5) is 4.79 Å². The highest BCUT2D eigenvalue weighted by atomic mass is 16.4. The van der Waals surface area contributed by atoms with E-state index in [2.05, 4.69) is 12.2 Å². The van der Waals surface area contributed by atoms with Gasteiger partial charge in [0.2, 0.25) is 0 Å². The van der Waals surface area contributed by atoms with Gasteiger partial charge in [-0.25, -0.2) is 4.79 Å². The second kappa shape index (κ2) is 6.02. The van der Waals surface area contributed by atoms with Crippen LogP contribution in [-0.4, -0.2) is 41.1 Å². The van der Waals surface area contributed by atoms with Gasteiger partial charge in [0.1, 0.15) is 0 Å². The third-order valence-electron chi connectivity index (χ3n) is 4.96. The van der Waals surface area contributed by atoms with Crippen molar-refractivity contribution in [1.82, 2.24) is 10.2 Å². The van der Waals surface area contributed by atoms with Crippen LogP contribution in [0.25, 0.3) is 0 Å². The van der Waals surface area contributed by atoms with Gasteiger partial charge in [0.25, 0.3) is 0 Å². The number of carbonyl (C=O) groups is 2. The number of hydrogen-bond donors (Lipinski definition) is 2. The van der Waals surface area contributed by atoms with E-state index in [-0.39, 0.29) is 23.4 Å². The molecule has 1 saturated carbocycles. The second-order valence-corrected chi connectivity index (χ2v) is 6.78. The summed E-state index contributed by atoms with van der Waals surface area (Å²) in [5.74, 6) is -1.04. The van der Waals surface area contributed by atoms with Crippen LogP contribution in [0.3, 0.4) is 0 Å². The Morgan fingerprint density at radius 3 is 2.55 bits per heavy atom. The van der Waals surface area contributed by atoms with Gasteiger partial charge in [0.15, 0.2) is 0 Å². The lowest BCUT2D eigenvalue weighted by Gasteiger charge is -2.37. The number of carboxylic acid groups (broad SMARTS) is 1. The van der Waals surface area contributed by atoms with Crippen molar-refractivity contribution < 1.29 is 14.7 Å². The molecule has 2 atom stereocenters. The zero-order valence-corrected chi connectivity index (χ0v) is 12.5. The van der Waals surface area contributed by atoms with Gasteiger partial charge >= 0.3 is 12.0 Å². The summed E-state index contributed by atoms with van der Waals surface area (Å²) in [6.45, 7) is 5.45. The van der Waals surface area contributed by atoms with Gasteiger partial charge in [0, 0.05) is 19.1 Å². The molecule has 1 heterocycles. The summed E-state index contributed by atoms with van der Waals surface area (Å²) >= 11 is 0. The number of amides is 2. The minimum Gasteiger partial charge on any atom is -0.481 e. The molecule has 2 rings (SSSR count). The minimum atomic E-state index is -0.740. The third-order valence-corrected chi connectivity index (χ3v) is 4.96. The summed E-state index contributed by atoms with van der Waals surface area (Å²) < 4.78 is 0. The van der Waals surface area contributed by atoms with Crippen molar-refractivity contribution in [3.8, 4) is 0 Å². The van der Waals surface area contributed by atoms with Crippen LogP contribution in [0.5, 0.6) is 0 Å².